The summed E-state index contributed by atoms with van der Waals surface area (Å²) in [6.45, 7) is 2.28. The highest BCUT2D eigenvalue weighted by atomic mass is 15.1. The molecule has 0 unspecified atom stereocenters. The molecule has 0 spiro atoms. The van der Waals surface area contributed by atoms with Crippen molar-refractivity contribution in [2.45, 2.75) is 51.5 Å². The number of hydrogen-bond donors (Lipinski definition) is 3. The van der Waals surface area contributed by atoms with E-state index < -0.39 is 0 Å². The molecule has 0 radical (unpaired) electrons. The minimum atomic E-state index is 0.561. The molecule has 0 amide bonds. The molecule has 0 saturated heterocycles. The maximum atomic E-state index is 6.13. The van der Waals surface area contributed by atoms with Gasteiger partial charge < -0.3 is 11.1 Å². The standard InChI is InChI=1S/C16H24N4/c1-2-3-11-4-6-13(7-5-11)19-16-9-15-12(8-14(16)17)10-18-20-15/h8-11,13,19H,2-7,17H2,1H3,(H,18,20). The molecule has 2 aromatic rings. The van der Waals surface area contributed by atoms with Crippen LogP contribution in [0, 0.1) is 5.92 Å². The second kappa shape index (κ2) is 5.73. The fraction of sp³-hybridized carbons (Fsp3) is 0.562. The van der Waals surface area contributed by atoms with Crippen LogP contribution in [0.2, 0.25) is 0 Å². The first-order chi connectivity index (χ1) is 9.76. The van der Waals surface area contributed by atoms with E-state index in [0.717, 1.165) is 28.2 Å². The van der Waals surface area contributed by atoms with E-state index in [1.54, 1.807) is 0 Å². The molecular weight excluding hydrogens is 248 g/mol. The van der Waals surface area contributed by atoms with Gasteiger partial charge in [-0.1, -0.05) is 19.8 Å². The van der Waals surface area contributed by atoms with Gasteiger partial charge in [0.25, 0.3) is 0 Å². The predicted octanol–water partition coefficient (Wildman–Crippen LogP) is 3.92. The SMILES string of the molecule is CCCC1CCC(Nc2cc3[nH]ncc3cc2N)CC1. The number of rotatable bonds is 4. The van der Waals surface area contributed by atoms with E-state index >= 15 is 0 Å². The van der Waals surface area contributed by atoms with Crippen molar-refractivity contribution in [1.29, 1.82) is 0 Å². The van der Waals surface area contributed by atoms with E-state index in [1.165, 1.54) is 38.5 Å². The molecule has 1 heterocycles. The van der Waals surface area contributed by atoms with E-state index in [2.05, 4.69) is 28.5 Å². The lowest BCUT2D eigenvalue weighted by atomic mass is 9.83. The minimum absolute atomic E-state index is 0.561. The molecular formula is C16H24N4. The van der Waals surface area contributed by atoms with Crippen LogP contribution < -0.4 is 11.1 Å². The van der Waals surface area contributed by atoms with Gasteiger partial charge in [-0.2, -0.15) is 5.10 Å². The second-order valence-electron chi connectivity index (χ2n) is 6.05. The Hall–Kier alpha value is -1.71. The Labute approximate surface area is 120 Å². The quantitative estimate of drug-likeness (QED) is 0.739. The number of aromatic nitrogens is 2. The number of benzene rings is 1. The molecule has 108 valence electrons. The zero-order valence-electron chi connectivity index (χ0n) is 12.2. The molecule has 4 heteroatoms. The number of nitrogen functional groups attached to an aromatic ring is 1. The van der Waals surface area contributed by atoms with Crippen LogP contribution in [0.5, 0.6) is 0 Å². The first kappa shape index (κ1) is 13.3. The predicted molar refractivity (Wildman–Crippen MR) is 84.8 cm³/mol. The van der Waals surface area contributed by atoms with Crippen molar-refractivity contribution in [3.05, 3.63) is 18.3 Å². The summed E-state index contributed by atoms with van der Waals surface area (Å²) in [6, 6.07) is 4.63. The van der Waals surface area contributed by atoms with Crippen molar-refractivity contribution in [2.24, 2.45) is 5.92 Å². The summed E-state index contributed by atoms with van der Waals surface area (Å²) >= 11 is 0. The Morgan fingerprint density at radius 1 is 1.30 bits per heavy atom. The number of hydrogen-bond acceptors (Lipinski definition) is 3. The zero-order chi connectivity index (χ0) is 13.9. The maximum absolute atomic E-state index is 6.13. The number of nitrogens with two attached hydrogens (primary N) is 1. The minimum Gasteiger partial charge on any atom is -0.397 e. The van der Waals surface area contributed by atoms with Crippen molar-refractivity contribution >= 4 is 22.3 Å². The summed E-state index contributed by atoms with van der Waals surface area (Å²) in [6.07, 6.45) is 9.71. The molecule has 1 aliphatic carbocycles. The van der Waals surface area contributed by atoms with Gasteiger partial charge in [0.15, 0.2) is 0 Å². The summed E-state index contributed by atoms with van der Waals surface area (Å²) in [5.41, 5.74) is 9.03. The molecule has 4 nitrogen and oxygen atoms in total. The first-order valence-electron chi connectivity index (χ1n) is 7.75. The van der Waals surface area contributed by atoms with Gasteiger partial charge in [-0.15, -0.1) is 0 Å². The largest absolute Gasteiger partial charge is 0.397 e. The molecule has 3 rings (SSSR count). The van der Waals surface area contributed by atoms with E-state index in [4.69, 9.17) is 5.73 Å². The summed E-state index contributed by atoms with van der Waals surface area (Å²) in [4.78, 5) is 0. The van der Waals surface area contributed by atoms with Gasteiger partial charge in [0.2, 0.25) is 0 Å². The van der Waals surface area contributed by atoms with E-state index in [9.17, 15) is 0 Å². The van der Waals surface area contributed by atoms with Crippen LogP contribution in [0.1, 0.15) is 45.4 Å². The number of nitrogens with zero attached hydrogens (tertiary/aromatic N) is 1. The lowest BCUT2D eigenvalue weighted by molar-refractivity contribution is 0.319. The smallest absolute Gasteiger partial charge is 0.0672 e. The van der Waals surface area contributed by atoms with Gasteiger partial charge in [0.1, 0.15) is 0 Å². The van der Waals surface area contributed by atoms with Crippen LogP contribution in [0.15, 0.2) is 18.3 Å². The van der Waals surface area contributed by atoms with E-state index in [-0.39, 0.29) is 0 Å². The number of H-pyrrole nitrogens is 1. The van der Waals surface area contributed by atoms with Crippen LogP contribution in [0.3, 0.4) is 0 Å². The van der Waals surface area contributed by atoms with Crippen molar-refractivity contribution in [3.8, 4) is 0 Å². The van der Waals surface area contributed by atoms with Gasteiger partial charge >= 0.3 is 0 Å². The number of fused-ring (bicyclic) bond motifs is 1. The Bertz CT molecular complexity index is 567. The van der Waals surface area contributed by atoms with E-state index in [1.807, 2.05) is 12.3 Å². The first-order valence-corrected chi connectivity index (χ1v) is 7.75. The Balaban J connectivity index is 1.66. The lowest BCUT2D eigenvalue weighted by Gasteiger charge is -2.30. The normalized spacial score (nSPS) is 23.1. The fourth-order valence-corrected chi connectivity index (χ4v) is 3.36. The Morgan fingerprint density at radius 2 is 2.10 bits per heavy atom. The third-order valence-electron chi connectivity index (χ3n) is 4.51. The third kappa shape index (κ3) is 2.74. The number of anilines is 2. The number of nitrogens with one attached hydrogen (secondary N) is 2. The van der Waals surface area contributed by atoms with Crippen LogP contribution in [0.25, 0.3) is 10.9 Å². The molecule has 1 aliphatic rings. The molecule has 4 N–H and O–H groups in total. The molecule has 1 saturated carbocycles. The summed E-state index contributed by atoms with van der Waals surface area (Å²) in [7, 11) is 0. The molecule has 1 aromatic carbocycles. The van der Waals surface area contributed by atoms with Gasteiger partial charge in [-0.25, -0.2) is 0 Å². The molecule has 1 fully saturated rings. The van der Waals surface area contributed by atoms with Gasteiger partial charge in [-0.05, 0) is 43.7 Å². The molecule has 0 atom stereocenters. The Kier molecular flexibility index (Phi) is 3.81. The molecule has 1 aromatic heterocycles. The van der Waals surface area contributed by atoms with Gasteiger partial charge in [0, 0.05) is 11.4 Å². The van der Waals surface area contributed by atoms with Crippen LogP contribution in [-0.2, 0) is 0 Å². The maximum Gasteiger partial charge on any atom is 0.0672 e. The van der Waals surface area contributed by atoms with Crippen molar-refractivity contribution in [2.75, 3.05) is 11.1 Å². The summed E-state index contributed by atoms with van der Waals surface area (Å²) < 4.78 is 0. The number of aromatic amines is 1. The second-order valence-corrected chi connectivity index (χ2v) is 6.05. The van der Waals surface area contributed by atoms with Crippen molar-refractivity contribution in [3.63, 3.8) is 0 Å². The monoisotopic (exact) mass is 272 g/mol. The lowest BCUT2D eigenvalue weighted by Crippen LogP contribution is -2.26. The zero-order valence-corrected chi connectivity index (χ0v) is 12.2. The summed E-state index contributed by atoms with van der Waals surface area (Å²) in [5.74, 6) is 0.936. The van der Waals surface area contributed by atoms with Gasteiger partial charge in [-0.3, -0.25) is 5.10 Å². The van der Waals surface area contributed by atoms with Crippen LogP contribution >= 0.6 is 0 Å². The Morgan fingerprint density at radius 3 is 2.85 bits per heavy atom. The molecule has 20 heavy (non-hydrogen) atoms. The average Bonchev–Trinajstić information content (AvgIpc) is 2.89. The summed E-state index contributed by atoms with van der Waals surface area (Å²) in [5, 5.41) is 11.7. The van der Waals surface area contributed by atoms with E-state index in [0.29, 0.717) is 6.04 Å². The highest BCUT2D eigenvalue weighted by Gasteiger charge is 2.21. The van der Waals surface area contributed by atoms with Crippen molar-refractivity contribution < 1.29 is 0 Å². The molecule has 0 bridgehead atoms. The van der Waals surface area contributed by atoms with Crippen molar-refractivity contribution in [1.82, 2.24) is 10.2 Å². The van der Waals surface area contributed by atoms with Gasteiger partial charge in [0.05, 0.1) is 23.1 Å². The third-order valence-corrected chi connectivity index (χ3v) is 4.51. The highest BCUT2D eigenvalue weighted by molar-refractivity contribution is 5.88. The van der Waals surface area contributed by atoms with Crippen LogP contribution in [-0.4, -0.2) is 16.2 Å². The topological polar surface area (TPSA) is 66.7 Å². The average molecular weight is 272 g/mol. The molecule has 0 aliphatic heterocycles. The van der Waals surface area contributed by atoms with Crippen LogP contribution in [0.4, 0.5) is 11.4 Å². The fourth-order valence-electron chi connectivity index (χ4n) is 3.36. The highest BCUT2D eigenvalue weighted by Crippen LogP contribution is 2.32.